The Bertz CT molecular complexity index is 964. The van der Waals surface area contributed by atoms with Crippen molar-refractivity contribution in [3.63, 3.8) is 0 Å². The fourth-order valence-electron chi connectivity index (χ4n) is 4.99. The SMILES string of the molecule is CC1(C)OC2COC3(COS(=O)(=O)N4CCN(c5ccccc5)CC4)OC(C)(C)OC3C2O1. The Labute approximate surface area is 194 Å². The Hall–Kier alpha value is -1.31. The summed E-state index contributed by atoms with van der Waals surface area (Å²) in [4.78, 5) is 2.15. The summed E-state index contributed by atoms with van der Waals surface area (Å²) in [5, 5.41) is 0. The summed E-state index contributed by atoms with van der Waals surface area (Å²) < 4.78 is 63.1. The smallest absolute Gasteiger partial charge is 0.338 e. The Morgan fingerprint density at radius 3 is 2.36 bits per heavy atom. The number of anilines is 1. The minimum atomic E-state index is -4.00. The number of nitrogens with zero attached hydrogens (tertiary/aromatic N) is 2. The number of para-hydroxylation sites is 1. The molecule has 4 atom stereocenters. The van der Waals surface area contributed by atoms with Crippen LogP contribution in [-0.2, 0) is 38.2 Å². The van der Waals surface area contributed by atoms with Crippen LogP contribution in [0, 0.1) is 0 Å². The van der Waals surface area contributed by atoms with Gasteiger partial charge >= 0.3 is 10.3 Å². The normalized spacial score (nSPS) is 35.9. The Morgan fingerprint density at radius 2 is 1.67 bits per heavy atom. The van der Waals surface area contributed by atoms with Gasteiger partial charge in [0, 0.05) is 31.9 Å². The molecule has 1 aromatic rings. The third kappa shape index (κ3) is 4.53. The summed E-state index contributed by atoms with van der Waals surface area (Å²) in [6, 6.07) is 9.93. The van der Waals surface area contributed by atoms with E-state index in [1.165, 1.54) is 4.31 Å². The zero-order valence-electron chi connectivity index (χ0n) is 19.4. The lowest BCUT2D eigenvalue weighted by molar-refractivity contribution is -0.290. The van der Waals surface area contributed by atoms with Crippen LogP contribution in [0.25, 0.3) is 0 Å². The summed E-state index contributed by atoms with van der Waals surface area (Å²) in [7, 11) is -4.00. The molecule has 0 aliphatic carbocycles. The number of rotatable bonds is 5. The van der Waals surface area contributed by atoms with E-state index < -0.39 is 39.9 Å². The van der Waals surface area contributed by atoms with E-state index in [9.17, 15) is 8.42 Å². The molecule has 11 heteroatoms. The van der Waals surface area contributed by atoms with Crippen LogP contribution in [0.5, 0.6) is 0 Å². The van der Waals surface area contributed by atoms with Crippen LogP contribution in [-0.4, -0.2) is 87.8 Å². The maximum absolute atomic E-state index is 13.0. The van der Waals surface area contributed by atoms with Crippen LogP contribution in [0.3, 0.4) is 0 Å². The predicted molar refractivity (Wildman–Crippen MR) is 118 cm³/mol. The highest BCUT2D eigenvalue weighted by atomic mass is 32.2. The van der Waals surface area contributed by atoms with Crippen LogP contribution in [0.1, 0.15) is 27.7 Å². The molecule has 4 saturated heterocycles. The Balaban J connectivity index is 1.26. The van der Waals surface area contributed by atoms with Crippen molar-refractivity contribution >= 4 is 16.0 Å². The fourth-order valence-corrected chi connectivity index (χ4v) is 6.06. The molecular formula is C22H32N2O8S. The molecule has 0 bridgehead atoms. The number of hydrogen-bond acceptors (Lipinski definition) is 9. The first-order valence-electron chi connectivity index (χ1n) is 11.3. The average molecular weight is 485 g/mol. The number of ether oxygens (including phenoxy) is 5. The number of benzene rings is 1. The Kier molecular flexibility index (Phi) is 5.77. The summed E-state index contributed by atoms with van der Waals surface area (Å²) in [6.45, 7) is 8.81. The van der Waals surface area contributed by atoms with E-state index in [-0.39, 0.29) is 19.3 Å². The monoisotopic (exact) mass is 484 g/mol. The number of piperazine rings is 1. The molecule has 33 heavy (non-hydrogen) atoms. The van der Waals surface area contributed by atoms with E-state index in [1.54, 1.807) is 13.8 Å². The van der Waals surface area contributed by atoms with Crippen LogP contribution in [0.15, 0.2) is 30.3 Å². The third-order valence-corrected chi connectivity index (χ3v) is 7.77. The van der Waals surface area contributed by atoms with Crippen molar-refractivity contribution < 1.29 is 36.3 Å². The minimum Gasteiger partial charge on any atom is -0.369 e. The van der Waals surface area contributed by atoms with Crippen molar-refractivity contribution in [3.05, 3.63) is 30.3 Å². The first kappa shape index (κ1) is 23.4. The summed E-state index contributed by atoms with van der Waals surface area (Å²) in [6.07, 6.45) is -1.49. The molecule has 4 aliphatic heterocycles. The zero-order valence-corrected chi connectivity index (χ0v) is 20.2. The minimum absolute atomic E-state index is 0.184. The molecule has 5 rings (SSSR count). The number of fused-ring (bicyclic) bond motifs is 3. The quantitative estimate of drug-likeness (QED) is 0.616. The highest BCUT2D eigenvalue weighted by molar-refractivity contribution is 7.84. The van der Waals surface area contributed by atoms with Gasteiger partial charge in [-0.25, -0.2) is 0 Å². The van der Waals surface area contributed by atoms with E-state index in [2.05, 4.69) is 4.90 Å². The maximum Gasteiger partial charge on any atom is 0.338 e. The van der Waals surface area contributed by atoms with Gasteiger partial charge < -0.3 is 28.6 Å². The van der Waals surface area contributed by atoms with Crippen LogP contribution in [0.2, 0.25) is 0 Å². The fraction of sp³-hybridized carbons (Fsp3) is 0.727. The summed E-state index contributed by atoms with van der Waals surface area (Å²) >= 11 is 0. The van der Waals surface area contributed by atoms with Gasteiger partial charge in [0.2, 0.25) is 5.79 Å². The lowest BCUT2D eigenvalue weighted by Gasteiger charge is -2.40. The van der Waals surface area contributed by atoms with E-state index in [0.29, 0.717) is 26.2 Å². The summed E-state index contributed by atoms with van der Waals surface area (Å²) in [5.41, 5.74) is 1.07. The molecule has 4 aliphatic rings. The van der Waals surface area contributed by atoms with Crippen molar-refractivity contribution in [2.24, 2.45) is 0 Å². The molecular weight excluding hydrogens is 452 g/mol. The molecule has 0 radical (unpaired) electrons. The first-order chi connectivity index (χ1) is 15.5. The molecule has 0 amide bonds. The van der Waals surface area contributed by atoms with Crippen molar-refractivity contribution in [3.8, 4) is 0 Å². The topological polar surface area (TPSA) is 96.0 Å². The molecule has 184 valence electrons. The molecule has 0 aromatic heterocycles. The van der Waals surface area contributed by atoms with E-state index >= 15 is 0 Å². The maximum atomic E-state index is 13.0. The van der Waals surface area contributed by atoms with E-state index in [0.717, 1.165) is 5.69 Å². The second-order valence-corrected chi connectivity index (χ2v) is 11.4. The molecule has 4 unspecified atom stereocenters. The van der Waals surface area contributed by atoms with Crippen molar-refractivity contribution in [1.29, 1.82) is 0 Å². The van der Waals surface area contributed by atoms with Gasteiger partial charge in [-0.2, -0.15) is 12.7 Å². The van der Waals surface area contributed by atoms with Gasteiger partial charge in [-0.1, -0.05) is 18.2 Å². The van der Waals surface area contributed by atoms with Crippen LogP contribution >= 0.6 is 0 Å². The lowest BCUT2D eigenvalue weighted by Crippen LogP contribution is -2.61. The number of hydrogen-bond donors (Lipinski definition) is 0. The first-order valence-corrected chi connectivity index (χ1v) is 12.7. The molecule has 0 spiro atoms. The van der Waals surface area contributed by atoms with Gasteiger partial charge in [0.05, 0.1) is 6.61 Å². The molecule has 10 nitrogen and oxygen atoms in total. The van der Waals surface area contributed by atoms with Crippen LogP contribution < -0.4 is 4.90 Å². The predicted octanol–water partition coefficient (Wildman–Crippen LogP) is 1.47. The average Bonchev–Trinajstić information content (AvgIpc) is 3.24. The molecule has 4 heterocycles. The van der Waals surface area contributed by atoms with Crippen molar-refractivity contribution in [1.82, 2.24) is 4.31 Å². The van der Waals surface area contributed by atoms with Gasteiger partial charge in [0.15, 0.2) is 11.6 Å². The van der Waals surface area contributed by atoms with E-state index in [1.807, 2.05) is 44.2 Å². The van der Waals surface area contributed by atoms with Gasteiger partial charge in [-0.15, -0.1) is 0 Å². The van der Waals surface area contributed by atoms with Gasteiger partial charge in [0.25, 0.3) is 0 Å². The zero-order chi connectivity index (χ0) is 23.5. The standard InChI is InChI=1S/C22H32N2O8S/c1-20(2)29-17-14-27-22(19(18(17)30-20)31-21(3,4)32-22)15-28-33(25,26)24-12-10-23(11-13-24)16-8-6-5-7-9-16/h5-9,17-19H,10-15H2,1-4H3. The molecule has 0 saturated carbocycles. The lowest BCUT2D eigenvalue weighted by atomic mass is 9.98. The van der Waals surface area contributed by atoms with Gasteiger partial charge in [-0.3, -0.25) is 4.18 Å². The molecule has 4 fully saturated rings. The Morgan fingerprint density at radius 1 is 0.970 bits per heavy atom. The van der Waals surface area contributed by atoms with Gasteiger partial charge in [0.1, 0.15) is 24.9 Å². The second-order valence-electron chi connectivity index (χ2n) is 9.74. The second kappa shape index (κ2) is 8.13. The van der Waals surface area contributed by atoms with E-state index in [4.69, 9.17) is 27.9 Å². The summed E-state index contributed by atoms with van der Waals surface area (Å²) in [5.74, 6) is -3.20. The molecule has 0 N–H and O–H groups in total. The van der Waals surface area contributed by atoms with Crippen molar-refractivity contribution in [2.75, 3.05) is 44.3 Å². The molecule has 1 aromatic carbocycles. The van der Waals surface area contributed by atoms with Crippen LogP contribution in [0.4, 0.5) is 5.69 Å². The van der Waals surface area contributed by atoms with Crippen molar-refractivity contribution in [2.45, 2.75) is 63.4 Å². The third-order valence-electron chi connectivity index (χ3n) is 6.36. The highest BCUT2D eigenvalue weighted by Gasteiger charge is 2.66. The highest BCUT2D eigenvalue weighted by Crippen LogP contribution is 2.47. The van der Waals surface area contributed by atoms with Gasteiger partial charge in [-0.05, 0) is 39.8 Å². The largest absolute Gasteiger partial charge is 0.369 e.